The zero-order chi connectivity index (χ0) is 17.5. The van der Waals surface area contributed by atoms with Gasteiger partial charge in [-0.15, -0.1) is 0 Å². The van der Waals surface area contributed by atoms with E-state index in [2.05, 4.69) is 15.0 Å². The van der Waals surface area contributed by atoms with E-state index >= 15 is 0 Å². The number of aromatic amines is 1. The van der Waals surface area contributed by atoms with Crippen LogP contribution in [0.4, 0.5) is 13.2 Å². The van der Waals surface area contributed by atoms with Crippen LogP contribution in [-0.2, 0) is 17.0 Å². The van der Waals surface area contributed by atoms with E-state index in [0.29, 0.717) is 33.1 Å². The number of fused-ring (bicyclic) bond motifs is 1. The second kappa shape index (κ2) is 6.01. The molecule has 0 saturated carbocycles. The topological polar surface area (TPSA) is 58.6 Å². The fourth-order valence-corrected chi connectivity index (χ4v) is 3.38. The molecule has 24 heavy (non-hydrogen) atoms. The molecule has 126 valence electrons. The largest absolute Gasteiger partial charge is 0.433 e. The van der Waals surface area contributed by atoms with E-state index in [1.54, 1.807) is 38.1 Å². The molecule has 0 aliphatic heterocycles. The summed E-state index contributed by atoms with van der Waals surface area (Å²) in [6.07, 6.45) is -4.53. The number of halogens is 3. The number of aryl methyl sites for hydroxylation is 1. The summed E-state index contributed by atoms with van der Waals surface area (Å²) in [4.78, 5) is 11.4. The monoisotopic (exact) mass is 353 g/mol. The van der Waals surface area contributed by atoms with Crippen LogP contribution >= 0.6 is 0 Å². The molecule has 0 saturated heterocycles. The van der Waals surface area contributed by atoms with E-state index < -0.39 is 22.7 Å². The van der Waals surface area contributed by atoms with Crippen molar-refractivity contribution >= 4 is 22.0 Å². The second-order valence-corrected chi connectivity index (χ2v) is 6.94. The minimum atomic E-state index is -4.53. The average Bonchev–Trinajstić information content (AvgIpc) is 2.98. The van der Waals surface area contributed by atoms with Gasteiger partial charge in [0.25, 0.3) is 0 Å². The molecule has 0 fully saturated rings. The van der Waals surface area contributed by atoms with Gasteiger partial charge in [0.2, 0.25) is 0 Å². The molecule has 1 atom stereocenters. The molecule has 3 rings (SSSR count). The summed E-state index contributed by atoms with van der Waals surface area (Å²) in [5, 5.41) is 0. The van der Waals surface area contributed by atoms with Crippen molar-refractivity contribution in [3.05, 3.63) is 41.6 Å². The van der Waals surface area contributed by atoms with Crippen LogP contribution in [0.5, 0.6) is 0 Å². The first-order valence-electron chi connectivity index (χ1n) is 7.23. The number of H-pyrrole nitrogens is 1. The van der Waals surface area contributed by atoms with Crippen molar-refractivity contribution in [2.45, 2.75) is 24.9 Å². The summed E-state index contributed by atoms with van der Waals surface area (Å²) in [6, 6.07) is 7.98. The van der Waals surface area contributed by atoms with Crippen LogP contribution in [0.25, 0.3) is 22.6 Å². The molecule has 8 heteroatoms. The highest BCUT2D eigenvalue weighted by Crippen LogP contribution is 2.32. The molecule has 1 aromatic carbocycles. The maximum Gasteiger partial charge on any atom is 0.433 e. The quantitative estimate of drug-likeness (QED) is 0.772. The number of alkyl halides is 3. The normalized spacial score (nSPS) is 13.4. The smallest absolute Gasteiger partial charge is 0.336 e. The van der Waals surface area contributed by atoms with E-state index in [1.807, 2.05) is 0 Å². The molecule has 1 unspecified atom stereocenters. The second-order valence-electron chi connectivity index (χ2n) is 5.24. The van der Waals surface area contributed by atoms with Gasteiger partial charge in [0, 0.05) is 16.2 Å². The summed E-state index contributed by atoms with van der Waals surface area (Å²) < 4.78 is 50.9. The number of pyridine rings is 1. The van der Waals surface area contributed by atoms with Crippen LogP contribution in [0.1, 0.15) is 18.2 Å². The third-order valence-electron chi connectivity index (χ3n) is 3.60. The number of hydrogen-bond acceptors (Lipinski definition) is 3. The van der Waals surface area contributed by atoms with Crippen molar-refractivity contribution in [3.8, 4) is 11.4 Å². The van der Waals surface area contributed by atoms with Crippen molar-refractivity contribution < 1.29 is 17.4 Å². The molecular formula is C16H14F3N3OS. The van der Waals surface area contributed by atoms with Gasteiger partial charge in [0.05, 0.1) is 16.3 Å². The third-order valence-corrected chi connectivity index (χ3v) is 4.97. The van der Waals surface area contributed by atoms with Gasteiger partial charge in [0.1, 0.15) is 11.5 Å². The SMILES string of the molecule is CCS(=O)c1ccccc1-c1nc2nc(C(F)(F)F)cc(C)c2[nH]1. The van der Waals surface area contributed by atoms with Crippen LogP contribution in [0, 0.1) is 6.92 Å². The number of hydrogen-bond donors (Lipinski definition) is 1. The molecular weight excluding hydrogens is 339 g/mol. The van der Waals surface area contributed by atoms with Gasteiger partial charge >= 0.3 is 6.18 Å². The maximum absolute atomic E-state index is 12.9. The Balaban J connectivity index is 2.20. The zero-order valence-electron chi connectivity index (χ0n) is 12.9. The van der Waals surface area contributed by atoms with Gasteiger partial charge in [-0.3, -0.25) is 4.21 Å². The van der Waals surface area contributed by atoms with Gasteiger partial charge in [0.15, 0.2) is 5.65 Å². The molecule has 0 spiro atoms. The minimum Gasteiger partial charge on any atom is -0.336 e. The van der Waals surface area contributed by atoms with E-state index in [4.69, 9.17) is 0 Å². The van der Waals surface area contributed by atoms with E-state index in [1.165, 1.54) is 0 Å². The lowest BCUT2D eigenvalue weighted by Crippen LogP contribution is -2.08. The minimum absolute atomic E-state index is 0.00518. The molecule has 0 aliphatic carbocycles. The predicted octanol–water partition coefficient (Wildman–Crippen LogP) is 4.08. The molecule has 2 heterocycles. The van der Waals surface area contributed by atoms with Gasteiger partial charge in [-0.1, -0.05) is 25.1 Å². The molecule has 2 aromatic heterocycles. The zero-order valence-corrected chi connectivity index (χ0v) is 13.8. The Labute approximate surface area is 138 Å². The molecule has 0 aliphatic rings. The van der Waals surface area contributed by atoms with Gasteiger partial charge in [-0.2, -0.15) is 13.2 Å². The lowest BCUT2D eigenvalue weighted by Gasteiger charge is -2.06. The fourth-order valence-electron chi connectivity index (χ4n) is 2.43. The Hall–Kier alpha value is -2.22. The van der Waals surface area contributed by atoms with Gasteiger partial charge in [-0.25, -0.2) is 9.97 Å². The summed E-state index contributed by atoms with van der Waals surface area (Å²) in [6.45, 7) is 3.37. The van der Waals surface area contributed by atoms with Crippen LogP contribution in [0.15, 0.2) is 35.2 Å². The molecule has 4 nitrogen and oxygen atoms in total. The number of rotatable bonds is 3. The van der Waals surface area contributed by atoms with E-state index in [-0.39, 0.29) is 5.65 Å². The van der Waals surface area contributed by atoms with E-state index in [9.17, 15) is 17.4 Å². The predicted molar refractivity (Wildman–Crippen MR) is 86.0 cm³/mol. The number of nitrogens with one attached hydrogen (secondary N) is 1. The Kier molecular flexibility index (Phi) is 4.16. The van der Waals surface area contributed by atoms with Gasteiger partial charge in [-0.05, 0) is 24.6 Å². The first-order valence-corrected chi connectivity index (χ1v) is 8.55. The standard InChI is InChI=1S/C16H14F3N3OS/c1-3-24(23)11-7-5-4-6-10(11)14-21-13-9(2)8-12(16(17,18)19)20-15(13)22-14/h4-8H,3H2,1-2H3,(H,20,21,22). The summed E-state index contributed by atoms with van der Waals surface area (Å²) in [7, 11) is -1.21. The fraction of sp³-hybridized carbons (Fsp3) is 0.250. The summed E-state index contributed by atoms with van der Waals surface area (Å²) in [5.74, 6) is 0.796. The highest BCUT2D eigenvalue weighted by Gasteiger charge is 2.33. The molecule has 0 amide bonds. The van der Waals surface area contributed by atoms with Crippen molar-refractivity contribution in [1.82, 2.24) is 15.0 Å². The van der Waals surface area contributed by atoms with Crippen molar-refractivity contribution in [2.75, 3.05) is 5.75 Å². The lowest BCUT2D eigenvalue weighted by molar-refractivity contribution is -0.141. The van der Waals surface area contributed by atoms with Crippen molar-refractivity contribution in [2.24, 2.45) is 0 Å². The first kappa shape index (κ1) is 16.6. The van der Waals surface area contributed by atoms with Gasteiger partial charge < -0.3 is 4.98 Å². The highest BCUT2D eigenvalue weighted by molar-refractivity contribution is 7.85. The average molecular weight is 353 g/mol. The van der Waals surface area contributed by atoms with Crippen molar-refractivity contribution in [1.29, 1.82) is 0 Å². The van der Waals surface area contributed by atoms with Crippen LogP contribution < -0.4 is 0 Å². The van der Waals surface area contributed by atoms with Crippen LogP contribution in [0.2, 0.25) is 0 Å². The Morgan fingerprint density at radius 2 is 1.92 bits per heavy atom. The molecule has 3 aromatic rings. The van der Waals surface area contributed by atoms with Crippen molar-refractivity contribution in [3.63, 3.8) is 0 Å². The molecule has 0 radical (unpaired) electrons. The number of imidazole rings is 1. The van der Waals surface area contributed by atoms with Crippen LogP contribution in [0.3, 0.4) is 0 Å². The summed E-state index contributed by atoms with van der Waals surface area (Å²) in [5.41, 5.74) is 0.462. The maximum atomic E-state index is 12.9. The number of aromatic nitrogens is 3. The Morgan fingerprint density at radius 1 is 1.21 bits per heavy atom. The summed E-state index contributed by atoms with van der Waals surface area (Å²) >= 11 is 0. The molecule has 1 N–H and O–H groups in total. The number of nitrogens with zero attached hydrogens (tertiary/aromatic N) is 2. The highest BCUT2D eigenvalue weighted by atomic mass is 32.2. The lowest BCUT2D eigenvalue weighted by atomic mass is 10.2. The number of benzene rings is 1. The first-order chi connectivity index (χ1) is 11.3. The molecule has 0 bridgehead atoms. The van der Waals surface area contributed by atoms with E-state index in [0.717, 1.165) is 6.07 Å². The third kappa shape index (κ3) is 2.93. The Morgan fingerprint density at radius 3 is 2.58 bits per heavy atom. The Bertz CT molecular complexity index is 934. The van der Waals surface area contributed by atoms with Crippen LogP contribution in [-0.4, -0.2) is 24.9 Å².